The van der Waals surface area contributed by atoms with Crippen molar-refractivity contribution in [2.45, 2.75) is 67.7 Å². The second-order valence-corrected chi connectivity index (χ2v) is 9.81. The third-order valence-electron chi connectivity index (χ3n) is 6.11. The van der Waals surface area contributed by atoms with E-state index < -0.39 is 0 Å². The SMILES string of the molecule is CCCc1cc2c(cc1C)sc1cc(C)c(CC(C)(C)C(C)C)cc12. The minimum absolute atomic E-state index is 0.328. The highest BCUT2D eigenvalue weighted by Crippen LogP contribution is 2.39. The van der Waals surface area contributed by atoms with Crippen LogP contribution in [0.5, 0.6) is 0 Å². The molecular formula is C24H32S. The van der Waals surface area contributed by atoms with Crippen LogP contribution in [-0.2, 0) is 12.8 Å². The third-order valence-corrected chi connectivity index (χ3v) is 7.23. The summed E-state index contributed by atoms with van der Waals surface area (Å²) in [6, 6.07) is 9.76. The second kappa shape index (κ2) is 6.76. The van der Waals surface area contributed by atoms with E-state index in [1.165, 1.54) is 55.3 Å². The van der Waals surface area contributed by atoms with E-state index in [4.69, 9.17) is 0 Å². The molecule has 0 saturated heterocycles. The molecule has 0 nitrogen and oxygen atoms in total. The molecule has 1 aromatic heterocycles. The van der Waals surface area contributed by atoms with Crippen LogP contribution in [0.2, 0.25) is 0 Å². The van der Waals surface area contributed by atoms with Crippen LogP contribution in [0, 0.1) is 25.2 Å². The van der Waals surface area contributed by atoms with Crippen LogP contribution < -0.4 is 0 Å². The van der Waals surface area contributed by atoms with Crippen molar-refractivity contribution in [1.29, 1.82) is 0 Å². The Balaban J connectivity index is 2.17. The predicted octanol–water partition coefficient (Wildman–Crippen LogP) is 7.85. The topological polar surface area (TPSA) is 0 Å². The van der Waals surface area contributed by atoms with E-state index in [2.05, 4.69) is 72.7 Å². The molecule has 0 aliphatic carbocycles. The molecule has 134 valence electrons. The van der Waals surface area contributed by atoms with Gasteiger partial charge in [0.15, 0.2) is 0 Å². The molecular weight excluding hydrogens is 320 g/mol. The van der Waals surface area contributed by atoms with E-state index in [9.17, 15) is 0 Å². The molecule has 0 N–H and O–H groups in total. The fourth-order valence-corrected chi connectivity index (χ4v) is 4.85. The van der Waals surface area contributed by atoms with E-state index in [0.717, 1.165) is 6.42 Å². The van der Waals surface area contributed by atoms with Gasteiger partial charge in [-0.25, -0.2) is 0 Å². The maximum atomic E-state index is 2.48. The van der Waals surface area contributed by atoms with Gasteiger partial charge in [-0.1, -0.05) is 41.0 Å². The Morgan fingerprint density at radius 2 is 1.40 bits per heavy atom. The van der Waals surface area contributed by atoms with E-state index in [1.54, 1.807) is 0 Å². The number of hydrogen-bond donors (Lipinski definition) is 0. The van der Waals surface area contributed by atoms with Gasteiger partial charge in [0.05, 0.1) is 0 Å². The summed E-state index contributed by atoms with van der Waals surface area (Å²) in [5.74, 6) is 0.681. The molecule has 0 aliphatic heterocycles. The standard InChI is InChI=1S/C24H32S/c1-8-9-18-12-20-21-13-19(14-24(6,7)15(2)3)17(5)11-23(21)25-22(20)10-16(18)4/h10-13,15H,8-9,14H2,1-7H3. The average Bonchev–Trinajstić information content (AvgIpc) is 2.84. The van der Waals surface area contributed by atoms with Crippen molar-refractivity contribution < 1.29 is 0 Å². The zero-order valence-electron chi connectivity index (χ0n) is 16.9. The van der Waals surface area contributed by atoms with E-state index in [0.29, 0.717) is 11.3 Å². The van der Waals surface area contributed by atoms with Crippen LogP contribution in [0.4, 0.5) is 0 Å². The van der Waals surface area contributed by atoms with Gasteiger partial charge >= 0.3 is 0 Å². The van der Waals surface area contributed by atoms with Crippen molar-refractivity contribution in [2.75, 3.05) is 0 Å². The van der Waals surface area contributed by atoms with Crippen molar-refractivity contribution in [1.82, 2.24) is 0 Å². The van der Waals surface area contributed by atoms with Crippen molar-refractivity contribution in [2.24, 2.45) is 11.3 Å². The first-order valence-electron chi connectivity index (χ1n) is 9.68. The number of rotatable bonds is 5. The highest BCUT2D eigenvalue weighted by Gasteiger charge is 2.24. The Morgan fingerprint density at radius 3 is 1.92 bits per heavy atom. The first kappa shape index (κ1) is 18.5. The Kier molecular flexibility index (Phi) is 4.99. The highest BCUT2D eigenvalue weighted by molar-refractivity contribution is 7.25. The summed E-state index contributed by atoms with van der Waals surface area (Å²) in [6.07, 6.45) is 3.54. The summed E-state index contributed by atoms with van der Waals surface area (Å²) in [4.78, 5) is 0. The van der Waals surface area contributed by atoms with Gasteiger partial charge in [0.2, 0.25) is 0 Å². The molecule has 0 aliphatic rings. The van der Waals surface area contributed by atoms with Crippen LogP contribution in [0.3, 0.4) is 0 Å². The summed E-state index contributed by atoms with van der Waals surface area (Å²) in [5.41, 5.74) is 6.24. The molecule has 0 fully saturated rings. The third kappa shape index (κ3) is 3.49. The Bertz CT molecular complexity index is 909. The lowest BCUT2D eigenvalue weighted by atomic mass is 9.75. The minimum Gasteiger partial charge on any atom is -0.135 e. The summed E-state index contributed by atoms with van der Waals surface area (Å²) >= 11 is 1.95. The smallest absolute Gasteiger partial charge is 0.0358 e. The minimum atomic E-state index is 0.328. The maximum absolute atomic E-state index is 2.48. The van der Waals surface area contributed by atoms with Gasteiger partial charge in [0.25, 0.3) is 0 Å². The van der Waals surface area contributed by atoms with Crippen LogP contribution in [0.25, 0.3) is 20.2 Å². The van der Waals surface area contributed by atoms with E-state index in [1.807, 2.05) is 11.3 Å². The lowest BCUT2D eigenvalue weighted by Crippen LogP contribution is -2.22. The molecule has 0 bridgehead atoms. The highest BCUT2D eigenvalue weighted by atomic mass is 32.1. The van der Waals surface area contributed by atoms with E-state index in [-0.39, 0.29) is 0 Å². The summed E-state index contributed by atoms with van der Waals surface area (Å²) in [5, 5.41) is 2.91. The molecule has 0 atom stereocenters. The molecule has 0 saturated carbocycles. The first-order valence-corrected chi connectivity index (χ1v) is 10.5. The summed E-state index contributed by atoms with van der Waals surface area (Å²) in [7, 11) is 0. The molecule has 3 aromatic rings. The molecule has 3 rings (SSSR count). The average molecular weight is 353 g/mol. The zero-order chi connectivity index (χ0) is 18.4. The molecule has 1 heteroatoms. The molecule has 2 aromatic carbocycles. The van der Waals surface area contributed by atoms with E-state index >= 15 is 0 Å². The largest absolute Gasteiger partial charge is 0.135 e. The van der Waals surface area contributed by atoms with Gasteiger partial charge in [-0.15, -0.1) is 11.3 Å². The molecule has 25 heavy (non-hydrogen) atoms. The number of aryl methyl sites for hydroxylation is 3. The molecule has 0 amide bonds. The lowest BCUT2D eigenvalue weighted by molar-refractivity contribution is 0.248. The van der Waals surface area contributed by atoms with Crippen LogP contribution in [0.15, 0.2) is 24.3 Å². The molecule has 1 heterocycles. The number of benzene rings is 2. The fraction of sp³-hybridized carbons (Fsp3) is 0.500. The quantitative estimate of drug-likeness (QED) is 0.438. The first-order chi connectivity index (χ1) is 11.7. The Hall–Kier alpha value is -1.34. The summed E-state index contributed by atoms with van der Waals surface area (Å²) in [6.45, 7) is 16.3. The second-order valence-electron chi connectivity index (χ2n) is 8.72. The van der Waals surface area contributed by atoms with Crippen LogP contribution in [0.1, 0.15) is 63.3 Å². The predicted molar refractivity (Wildman–Crippen MR) is 115 cm³/mol. The van der Waals surface area contributed by atoms with Gasteiger partial charge in [-0.05, 0) is 84.5 Å². The van der Waals surface area contributed by atoms with Crippen molar-refractivity contribution in [3.05, 3.63) is 46.5 Å². The van der Waals surface area contributed by atoms with Crippen molar-refractivity contribution >= 4 is 31.5 Å². The van der Waals surface area contributed by atoms with Gasteiger partial charge in [-0.3, -0.25) is 0 Å². The summed E-state index contributed by atoms with van der Waals surface area (Å²) < 4.78 is 2.87. The number of fused-ring (bicyclic) bond motifs is 3. The zero-order valence-corrected chi connectivity index (χ0v) is 17.7. The molecule has 0 radical (unpaired) electrons. The van der Waals surface area contributed by atoms with Gasteiger partial charge < -0.3 is 0 Å². The lowest BCUT2D eigenvalue weighted by Gasteiger charge is -2.30. The maximum Gasteiger partial charge on any atom is 0.0358 e. The molecule has 0 unspecified atom stereocenters. The number of thiophene rings is 1. The van der Waals surface area contributed by atoms with Gasteiger partial charge in [-0.2, -0.15) is 0 Å². The normalized spacial score (nSPS) is 12.6. The molecule has 0 spiro atoms. The fourth-order valence-electron chi connectivity index (χ4n) is 3.58. The van der Waals surface area contributed by atoms with Crippen molar-refractivity contribution in [3.8, 4) is 0 Å². The monoisotopic (exact) mass is 352 g/mol. The van der Waals surface area contributed by atoms with Crippen LogP contribution >= 0.6 is 11.3 Å². The Morgan fingerprint density at radius 1 is 0.880 bits per heavy atom. The van der Waals surface area contributed by atoms with Crippen molar-refractivity contribution in [3.63, 3.8) is 0 Å². The van der Waals surface area contributed by atoms with Gasteiger partial charge in [0.1, 0.15) is 0 Å². The van der Waals surface area contributed by atoms with Crippen LogP contribution in [-0.4, -0.2) is 0 Å². The van der Waals surface area contributed by atoms with Gasteiger partial charge in [0, 0.05) is 20.2 Å². The Labute approximate surface area is 157 Å². The number of hydrogen-bond acceptors (Lipinski definition) is 1.